The van der Waals surface area contributed by atoms with Gasteiger partial charge in [-0.3, -0.25) is 9.59 Å². The van der Waals surface area contributed by atoms with Gasteiger partial charge >= 0.3 is 0 Å². The van der Waals surface area contributed by atoms with Gasteiger partial charge in [0, 0.05) is 45.2 Å². The SMILES string of the molecule is CCN(CC)S(=O)(=O)c1ccc(Cl)c(C(=O)N2CCC(C(=O)N3CCOCC3)CC2)c1. The van der Waals surface area contributed by atoms with Crippen LogP contribution < -0.4 is 0 Å². The van der Waals surface area contributed by atoms with Gasteiger partial charge in [0.25, 0.3) is 5.91 Å². The van der Waals surface area contributed by atoms with E-state index < -0.39 is 10.0 Å². The summed E-state index contributed by atoms with van der Waals surface area (Å²) >= 11 is 6.26. The Labute approximate surface area is 189 Å². The second-order valence-corrected chi connectivity index (χ2v) is 10.1. The Balaban J connectivity index is 1.70. The third kappa shape index (κ3) is 5.22. The fourth-order valence-electron chi connectivity index (χ4n) is 4.08. The number of hydrogen-bond donors (Lipinski definition) is 0. The summed E-state index contributed by atoms with van der Waals surface area (Å²) in [6.07, 6.45) is 1.16. The third-order valence-electron chi connectivity index (χ3n) is 5.97. The predicted molar refractivity (Wildman–Crippen MR) is 118 cm³/mol. The van der Waals surface area contributed by atoms with Gasteiger partial charge in [-0.2, -0.15) is 4.31 Å². The monoisotopic (exact) mass is 471 g/mol. The topological polar surface area (TPSA) is 87.2 Å². The number of nitrogens with zero attached hydrogens (tertiary/aromatic N) is 3. The zero-order valence-corrected chi connectivity index (χ0v) is 19.6. The van der Waals surface area contributed by atoms with Crippen molar-refractivity contribution in [1.29, 1.82) is 0 Å². The number of halogens is 1. The van der Waals surface area contributed by atoms with Gasteiger partial charge in [0.2, 0.25) is 15.9 Å². The van der Waals surface area contributed by atoms with Crippen LogP contribution in [0, 0.1) is 5.92 Å². The number of benzene rings is 1. The van der Waals surface area contributed by atoms with Gasteiger partial charge in [0.1, 0.15) is 0 Å². The molecule has 3 rings (SSSR count). The van der Waals surface area contributed by atoms with Crippen LogP contribution in [0.3, 0.4) is 0 Å². The second-order valence-electron chi connectivity index (χ2n) is 7.74. The van der Waals surface area contributed by atoms with Crippen LogP contribution in [0.2, 0.25) is 5.02 Å². The number of likely N-dealkylation sites (tertiary alicyclic amines) is 1. The Morgan fingerprint density at radius 1 is 1.06 bits per heavy atom. The molecule has 2 saturated heterocycles. The molecule has 172 valence electrons. The molecule has 2 aliphatic rings. The molecule has 0 atom stereocenters. The molecule has 8 nitrogen and oxygen atoms in total. The van der Waals surface area contributed by atoms with Crippen molar-refractivity contribution in [3.63, 3.8) is 0 Å². The van der Waals surface area contributed by atoms with E-state index in [2.05, 4.69) is 0 Å². The molecule has 1 aromatic rings. The number of rotatable bonds is 6. The lowest BCUT2D eigenvalue weighted by Gasteiger charge is -2.35. The molecular weight excluding hydrogens is 442 g/mol. The zero-order valence-electron chi connectivity index (χ0n) is 18.0. The minimum absolute atomic E-state index is 0.0568. The highest BCUT2D eigenvalue weighted by Crippen LogP contribution is 2.27. The molecule has 0 saturated carbocycles. The molecule has 0 radical (unpaired) electrons. The predicted octanol–water partition coefficient (Wildman–Crippen LogP) is 2.08. The van der Waals surface area contributed by atoms with Crippen molar-refractivity contribution in [2.75, 3.05) is 52.5 Å². The van der Waals surface area contributed by atoms with Crippen molar-refractivity contribution in [3.05, 3.63) is 28.8 Å². The average molecular weight is 472 g/mol. The number of carbonyl (C=O) groups is 2. The number of sulfonamides is 1. The highest BCUT2D eigenvalue weighted by Gasteiger charge is 2.32. The second kappa shape index (κ2) is 10.3. The van der Waals surface area contributed by atoms with Crippen molar-refractivity contribution >= 4 is 33.4 Å². The number of ether oxygens (including phenoxy) is 1. The average Bonchev–Trinajstić information content (AvgIpc) is 2.79. The molecule has 0 aliphatic carbocycles. The fourth-order valence-corrected chi connectivity index (χ4v) is 5.77. The molecule has 0 bridgehead atoms. The third-order valence-corrected chi connectivity index (χ3v) is 8.34. The van der Waals surface area contributed by atoms with Gasteiger partial charge in [0.15, 0.2) is 0 Å². The summed E-state index contributed by atoms with van der Waals surface area (Å²) in [5, 5.41) is 0.218. The molecule has 0 N–H and O–H groups in total. The molecule has 0 unspecified atom stereocenters. The van der Waals surface area contributed by atoms with E-state index in [9.17, 15) is 18.0 Å². The van der Waals surface area contributed by atoms with Crippen molar-refractivity contribution in [2.45, 2.75) is 31.6 Å². The van der Waals surface area contributed by atoms with Gasteiger partial charge in [0.05, 0.1) is 28.7 Å². The molecule has 2 heterocycles. The maximum atomic E-state index is 13.1. The smallest absolute Gasteiger partial charge is 0.255 e. The van der Waals surface area contributed by atoms with Crippen LogP contribution in [-0.4, -0.2) is 86.8 Å². The molecule has 0 aromatic heterocycles. The lowest BCUT2D eigenvalue weighted by atomic mass is 9.94. The molecule has 0 spiro atoms. The Kier molecular flexibility index (Phi) is 7.96. The van der Waals surface area contributed by atoms with E-state index in [0.29, 0.717) is 65.3 Å². The minimum atomic E-state index is -3.69. The van der Waals surface area contributed by atoms with Gasteiger partial charge in [-0.15, -0.1) is 0 Å². The van der Waals surface area contributed by atoms with E-state index in [-0.39, 0.29) is 33.2 Å². The Hall–Kier alpha value is -1.68. The summed E-state index contributed by atoms with van der Waals surface area (Å²) in [5.41, 5.74) is 0.174. The highest BCUT2D eigenvalue weighted by molar-refractivity contribution is 7.89. The van der Waals surface area contributed by atoms with Gasteiger partial charge in [-0.25, -0.2) is 8.42 Å². The summed E-state index contributed by atoms with van der Waals surface area (Å²) in [7, 11) is -3.69. The van der Waals surface area contributed by atoms with Crippen LogP contribution in [0.1, 0.15) is 37.0 Å². The van der Waals surface area contributed by atoms with Crippen LogP contribution >= 0.6 is 11.6 Å². The maximum Gasteiger partial charge on any atom is 0.255 e. The Bertz CT molecular complexity index is 906. The number of carbonyl (C=O) groups excluding carboxylic acids is 2. The molecule has 2 amide bonds. The molecule has 31 heavy (non-hydrogen) atoms. The van der Waals surface area contributed by atoms with Gasteiger partial charge < -0.3 is 14.5 Å². The lowest BCUT2D eigenvalue weighted by molar-refractivity contribution is -0.141. The molecule has 10 heteroatoms. The first kappa shape index (κ1) is 24.0. The summed E-state index contributed by atoms with van der Waals surface area (Å²) in [5.74, 6) is -0.286. The molecule has 1 aromatic carbocycles. The van der Waals surface area contributed by atoms with Crippen molar-refractivity contribution in [2.24, 2.45) is 5.92 Å². The van der Waals surface area contributed by atoms with E-state index >= 15 is 0 Å². The zero-order chi connectivity index (χ0) is 22.6. The van der Waals surface area contributed by atoms with E-state index in [1.807, 2.05) is 4.90 Å². The van der Waals surface area contributed by atoms with Crippen molar-refractivity contribution in [1.82, 2.24) is 14.1 Å². The van der Waals surface area contributed by atoms with Crippen molar-refractivity contribution < 1.29 is 22.7 Å². The lowest BCUT2D eigenvalue weighted by Crippen LogP contribution is -2.47. The summed E-state index contributed by atoms with van der Waals surface area (Å²) in [6, 6.07) is 4.25. The normalized spacial score (nSPS) is 18.5. The van der Waals surface area contributed by atoms with Crippen LogP contribution in [0.5, 0.6) is 0 Å². The number of hydrogen-bond acceptors (Lipinski definition) is 5. The van der Waals surface area contributed by atoms with E-state index in [4.69, 9.17) is 16.3 Å². The van der Waals surface area contributed by atoms with Crippen molar-refractivity contribution in [3.8, 4) is 0 Å². The number of piperidine rings is 1. The van der Waals surface area contributed by atoms with Crippen LogP contribution in [0.15, 0.2) is 23.1 Å². The number of amides is 2. The van der Waals surface area contributed by atoms with Crippen LogP contribution in [0.4, 0.5) is 0 Å². The van der Waals surface area contributed by atoms with E-state index in [1.165, 1.54) is 22.5 Å². The summed E-state index contributed by atoms with van der Waals surface area (Å²) in [4.78, 5) is 29.4. The standard InChI is InChI=1S/C21H30ClN3O5S/c1-3-25(4-2)31(28,29)17-5-6-19(22)18(15-17)21(27)23-9-7-16(8-10-23)20(26)24-11-13-30-14-12-24/h5-6,15-16H,3-4,7-14H2,1-2H3. The van der Waals surface area contributed by atoms with E-state index in [0.717, 1.165) is 0 Å². The molecular formula is C21H30ClN3O5S. The molecule has 2 aliphatic heterocycles. The first-order valence-corrected chi connectivity index (χ1v) is 12.6. The first-order chi connectivity index (χ1) is 14.8. The van der Waals surface area contributed by atoms with E-state index in [1.54, 1.807) is 18.7 Å². The summed E-state index contributed by atoms with van der Waals surface area (Å²) < 4.78 is 32.3. The quantitative estimate of drug-likeness (QED) is 0.634. The largest absolute Gasteiger partial charge is 0.378 e. The molecule has 2 fully saturated rings. The Morgan fingerprint density at radius 3 is 2.26 bits per heavy atom. The highest BCUT2D eigenvalue weighted by atomic mass is 35.5. The Morgan fingerprint density at radius 2 is 1.68 bits per heavy atom. The summed E-state index contributed by atoms with van der Waals surface area (Å²) in [6.45, 7) is 7.44. The van der Waals surface area contributed by atoms with Crippen LogP contribution in [-0.2, 0) is 19.6 Å². The number of morpholine rings is 1. The van der Waals surface area contributed by atoms with Gasteiger partial charge in [-0.05, 0) is 31.0 Å². The minimum Gasteiger partial charge on any atom is -0.378 e. The fraction of sp³-hybridized carbons (Fsp3) is 0.619. The maximum absolute atomic E-state index is 13.1. The van der Waals surface area contributed by atoms with Gasteiger partial charge in [-0.1, -0.05) is 25.4 Å². The van der Waals surface area contributed by atoms with Crippen LogP contribution in [0.25, 0.3) is 0 Å². The first-order valence-electron chi connectivity index (χ1n) is 10.7.